The summed E-state index contributed by atoms with van der Waals surface area (Å²) in [6.45, 7) is 6.87. The van der Waals surface area contributed by atoms with Crippen molar-refractivity contribution >= 4 is 0 Å². The second-order valence-electron chi connectivity index (χ2n) is 6.24. The van der Waals surface area contributed by atoms with E-state index in [0.717, 1.165) is 31.2 Å². The molecule has 0 saturated heterocycles. The lowest BCUT2D eigenvalue weighted by atomic mass is 9.83. The molecule has 1 fully saturated rings. The Hall–Kier alpha value is -0.860. The number of aryl methyl sites for hydroxylation is 2. The van der Waals surface area contributed by atoms with E-state index >= 15 is 0 Å². The molecule has 0 heterocycles. The summed E-state index contributed by atoms with van der Waals surface area (Å²) in [6.07, 6.45) is 6.25. The van der Waals surface area contributed by atoms with Crippen LogP contribution >= 0.6 is 0 Å². The van der Waals surface area contributed by atoms with Crippen LogP contribution in [-0.2, 0) is 4.74 Å². The van der Waals surface area contributed by atoms with Crippen molar-refractivity contribution < 1.29 is 9.84 Å². The van der Waals surface area contributed by atoms with Crippen LogP contribution in [0.1, 0.15) is 68.2 Å². The Balaban J connectivity index is 2.31. The van der Waals surface area contributed by atoms with E-state index in [2.05, 4.69) is 32.0 Å². The van der Waals surface area contributed by atoms with Crippen LogP contribution in [0.4, 0.5) is 0 Å². The topological polar surface area (TPSA) is 29.5 Å². The first kappa shape index (κ1) is 15.5. The van der Waals surface area contributed by atoms with Crippen LogP contribution in [0.3, 0.4) is 0 Å². The highest BCUT2D eigenvalue weighted by Gasteiger charge is 2.39. The summed E-state index contributed by atoms with van der Waals surface area (Å²) in [5.74, 6) is 0. The second kappa shape index (κ2) is 6.73. The Kier molecular flexibility index (Phi) is 5.22. The molecule has 2 nitrogen and oxygen atoms in total. The highest BCUT2D eigenvalue weighted by atomic mass is 16.5. The van der Waals surface area contributed by atoms with Crippen LogP contribution in [0.5, 0.6) is 0 Å². The van der Waals surface area contributed by atoms with Gasteiger partial charge in [-0.15, -0.1) is 0 Å². The maximum atomic E-state index is 11.0. The normalized spacial score (nSPS) is 20.4. The minimum atomic E-state index is -0.515. The van der Waals surface area contributed by atoms with Gasteiger partial charge in [-0.25, -0.2) is 0 Å². The fourth-order valence-corrected chi connectivity index (χ4v) is 3.58. The predicted molar refractivity (Wildman–Crippen MR) is 82.9 cm³/mol. The molecule has 2 heteroatoms. The third-order valence-electron chi connectivity index (χ3n) is 4.44. The van der Waals surface area contributed by atoms with E-state index in [1.807, 2.05) is 6.92 Å². The van der Waals surface area contributed by atoms with Crippen LogP contribution in [0.2, 0.25) is 0 Å². The van der Waals surface area contributed by atoms with Crippen molar-refractivity contribution in [2.24, 2.45) is 0 Å². The summed E-state index contributed by atoms with van der Waals surface area (Å²) >= 11 is 0. The molecule has 0 radical (unpaired) electrons. The van der Waals surface area contributed by atoms with Gasteiger partial charge in [0.05, 0.1) is 5.60 Å². The lowest BCUT2D eigenvalue weighted by molar-refractivity contribution is -0.131. The number of aliphatic hydroxyl groups excluding tert-OH is 1. The molecule has 1 unspecified atom stereocenters. The fourth-order valence-electron chi connectivity index (χ4n) is 3.58. The lowest BCUT2D eigenvalue weighted by Crippen LogP contribution is -2.39. The smallest absolute Gasteiger partial charge is 0.108 e. The van der Waals surface area contributed by atoms with E-state index in [1.165, 1.54) is 24.0 Å². The van der Waals surface area contributed by atoms with Gasteiger partial charge in [-0.1, -0.05) is 55.0 Å². The average Bonchev–Trinajstić information content (AvgIpc) is 2.64. The Labute approximate surface area is 123 Å². The number of aliphatic hydroxyl groups is 1. The number of hydrogen-bond donors (Lipinski definition) is 1. The molecule has 0 spiro atoms. The number of benzene rings is 1. The third kappa shape index (κ3) is 3.42. The standard InChI is InChI=1S/C18H28O2/c1-4-20-18(9-7-5-6-8-10-18)17(19)16-12-14(2)11-15(3)13-16/h11-13,17,19H,4-10H2,1-3H3. The zero-order chi connectivity index (χ0) is 14.6. The Morgan fingerprint density at radius 3 is 2.10 bits per heavy atom. The Morgan fingerprint density at radius 2 is 1.60 bits per heavy atom. The van der Waals surface area contributed by atoms with Gasteiger partial charge in [0.25, 0.3) is 0 Å². The summed E-state index contributed by atoms with van der Waals surface area (Å²) in [5, 5.41) is 11.0. The molecule has 1 aliphatic rings. The van der Waals surface area contributed by atoms with E-state index in [-0.39, 0.29) is 5.60 Å². The van der Waals surface area contributed by atoms with E-state index < -0.39 is 6.10 Å². The number of rotatable bonds is 4. The molecule has 1 N–H and O–H groups in total. The van der Waals surface area contributed by atoms with Gasteiger partial charge in [0, 0.05) is 6.61 Å². The molecule has 0 bridgehead atoms. The predicted octanol–water partition coefficient (Wildman–Crippen LogP) is 4.47. The quantitative estimate of drug-likeness (QED) is 0.822. The van der Waals surface area contributed by atoms with Gasteiger partial charge in [0.15, 0.2) is 0 Å². The van der Waals surface area contributed by atoms with E-state index in [4.69, 9.17) is 4.74 Å². The zero-order valence-corrected chi connectivity index (χ0v) is 13.1. The van der Waals surface area contributed by atoms with Crippen LogP contribution < -0.4 is 0 Å². The third-order valence-corrected chi connectivity index (χ3v) is 4.44. The van der Waals surface area contributed by atoms with E-state index in [9.17, 15) is 5.11 Å². The molecule has 0 aromatic heterocycles. The Morgan fingerprint density at radius 1 is 1.05 bits per heavy atom. The van der Waals surface area contributed by atoms with Crippen LogP contribution in [0.15, 0.2) is 18.2 Å². The molecule has 1 aromatic carbocycles. The molecular weight excluding hydrogens is 248 g/mol. The average molecular weight is 276 g/mol. The van der Waals surface area contributed by atoms with Crippen molar-refractivity contribution in [3.63, 3.8) is 0 Å². The molecule has 2 rings (SSSR count). The zero-order valence-electron chi connectivity index (χ0n) is 13.1. The van der Waals surface area contributed by atoms with Crippen molar-refractivity contribution in [2.75, 3.05) is 6.61 Å². The van der Waals surface area contributed by atoms with Crippen molar-refractivity contribution in [3.05, 3.63) is 34.9 Å². The summed E-state index contributed by atoms with van der Waals surface area (Å²) in [5.41, 5.74) is 3.04. The Bertz CT molecular complexity index is 411. The highest BCUT2D eigenvalue weighted by molar-refractivity contribution is 5.31. The first-order valence-electron chi connectivity index (χ1n) is 7.97. The van der Waals surface area contributed by atoms with Gasteiger partial charge in [-0.05, 0) is 39.2 Å². The first-order valence-corrected chi connectivity index (χ1v) is 7.97. The summed E-state index contributed by atoms with van der Waals surface area (Å²) in [4.78, 5) is 0. The van der Waals surface area contributed by atoms with Gasteiger partial charge in [-0.3, -0.25) is 0 Å². The van der Waals surface area contributed by atoms with Gasteiger partial charge in [0.1, 0.15) is 6.10 Å². The SMILES string of the molecule is CCOC1(C(O)c2cc(C)cc(C)c2)CCCCCC1. The fraction of sp³-hybridized carbons (Fsp3) is 0.667. The van der Waals surface area contributed by atoms with E-state index in [1.54, 1.807) is 0 Å². The molecule has 1 aliphatic carbocycles. The first-order chi connectivity index (χ1) is 9.57. The highest BCUT2D eigenvalue weighted by Crippen LogP contribution is 2.41. The van der Waals surface area contributed by atoms with Gasteiger partial charge in [-0.2, -0.15) is 0 Å². The van der Waals surface area contributed by atoms with Crippen molar-refractivity contribution in [2.45, 2.75) is 71.0 Å². The van der Waals surface area contributed by atoms with Crippen LogP contribution in [0.25, 0.3) is 0 Å². The second-order valence-corrected chi connectivity index (χ2v) is 6.24. The molecule has 0 amide bonds. The minimum absolute atomic E-state index is 0.383. The maximum Gasteiger partial charge on any atom is 0.108 e. The number of hydrogen-bond acceptors (Lipinski definition) is 2. The molecule has 112 valence electrons. The molecule has 0 aliphatic heterocycles. The molecule has 20 heavy (non-hydrogen) atoms. The maximum absolute atomic E-state index is 11.0. The van der Waals surface area contributed by atoms with Gasteiger partial charge < -0.3 is 9.84 Å². The van der Waals surface area contributed by atoms with Crippen molar-refractivity contribution in [1.82, 2.24) is 0 Å². The monoisotopic (exact) mass is 276 g/mol. The van der Waals surface area contributed by atoms with Crippen LogP contribution in [-0.4, -0.2) is 17.3 Å². The van der Waals surface area contributed by atoms with Crippen molar-refractivity contribution in [3.8, 4) is 0 Å². The van der Waals surface area contributed by atoms with Gasteiger partial charge in [0.2, 0.25) is 0 Å². The summed E-state index contributed by atoms with van der Waals surface area (Å²) in [6, 6.07) is 6.35. The molecule has 1 aromatic rings. The summed E-state index contributed by atoms with van der Waals surface area (Å²) < 4.78 is 6.10. The van der Waals surface area contributed by atoms with Crippen LogP contribution in [0, 0.1) is 13.8 Å². The van der Waals surface area contributed by atoms with Crippen molar-refractivity contribution in [1.29, 1.82) is 0 Å². The summed E-state index contributed by atoms with van der Waals surface area (Å²) in [7, 11) is 0. The molecule has 1 atom stereocenters. The molecular formula is C18H28O2. The largest absolute Gasteiger partial charge is 0.385 e. The lowest BCUT2D eigenvalue weighted by Gasteiger charge is -2.37. The van der Waals surface area contributed by atoms with E-state index in [0.29, 0.717) is 6.61 Å². The number of ether oxygens (including phenoxy) is 1. The molecule has 1 saturated carbocycles. The minimum Gasteiger partial charge on any atom is -0.385 e. The van der Waals surface area contributed by atoms with Gasteiger partial charge >= 0.3 is 0 Å².